The molecule has 0 bridgehead atoms. The first-order valence-corrected chi connectivity index (χ1v) is 8.96. The van der Waals surface area contributed by atoms with Crippen molar-refractivity contribution in [1.82, 2.24) is 19.3 Å². The van der Waals surface area contributed by atoms with Crippen LogP contribution in [-0.4, -0.2) is 37.8 Å². The molecule has 128 valence electrons. The topological polar surface area (TPSA) is 50.5 Å². The molecule has 3 aromatic rings. The van der Waals surface area contributed by atoms with E-state index in [0.29, 0.717) is 17.5 Å². The Hall–Kier alpha value is -2.69. The Balaban J connectivity index is 1.50. The summed E-state index contributed by atoms with van der Waals surface area (Å²) in [6.07, 6.45) is 10.7. The molecule has 1 aliphatic rings. The van der Waals surface area contributed by atoms with Crippen molar-refractivity contribution >= 4 is 11.7 Å². The van der Waals surface area contributed by atoms with E-state index in [0.717, 1.165) is 32.2 Å². The summed E-state index contributed by atoms with van der Waals surface area (Å²) in [6.45, 7) is 0.819. The van der Waals surface area contributed by atoms with Crippen LogP contribution in [0.2, 0.25) is 0 Å². The molecule has 0 spiro atoms. The van der Waals surface area contributed by atoms with Crippen LogP contribution in [0.5, 0.6) is 0 Å². The second kappa shape index (κ2) is 7.05. The minimum atomic E-state index is 0.0308. The van der Waals surface area contributed by atoms with E-state index in [-0.39, 0.29) is 5.91 Å². The molecule has 0 unspecified atom stereocenters. The minimum Gasteiger partial charge on any atom is -0.334 e. The van der Waals surface area contributed by atoms with E-state index in [1.165, 1.54) is 12.0 Å². The number of piperidine rings is 1. The van der Waals surface area contributed by atoms with Gasteiger partial charge in [-0.15, -0.1) is 0 Å². The minimum absolute atomic E-state index is 0.0308. The Morgan fingerprint density at radius 3 is 2.88 bits per heavy atom. The third kappa shape index (κ3) is 3.40. The number of nitrogens with zero attached hydrogens (tertiary/aromatic N) is 4. The number of carbonyl (C=O) groups is 1. The summed E-state index contributed by atoms with van der Waals surface area (Å²) in [4.78, 5) is 23.6. The first-order valence-electron chi connectivity index (χ1n) is 8.96. The first kappa shape index (κ1) is 15.8. The van der Waals surface area contributed by atoms with Gasteiger partial charge in [-0.25, -0.2) is 9.97 Å². The Labute approximate surface area is 147 Å². The molecule has 1 fully saturated rings. The normalized spacial score (nSPS) is 17.8. The second-order valence-electron chi connectivity index (χ2n) is 6.63. The Morgan fingerprint density at radius 1 is 1.16 bits per heavy atom. The maximum atomic E-state index is 13.0. The van der Waals surface area contributed by atoms with E-state index < -0.39 is 0 Å². The lowest BCUT2D eigenvalue weighted by Crippen LogP contribution is -2.44. The number of hydrogen-bond acceptors (Lipinski definition) is 3. The van der Waals surface area contributed by atoms with Crippen molar-refractivity contribution in [2.75, 3.05) is 6.54 Å². The van der Waals surface area contributed by atoms with Crippen LogP contribution in [0.3, 0.4) is 0 Å². The maximum absolute atomic E-state index is 13.0. The van der Waals surface area contributed by atoms with Gasteiger partial charge in [-0.05, 0) is 43.7 Å². The molecule has 1 saturated heterocycles. The number of aryl methyl sites for hydroxylation is 1. The highest BCUT2D eigenvalue weighted by Crippen LogP contribution is 2.23. The highest BCUT2D eigenvalue weighted by atomic mass is 16.2. The molecule has 5 nitrogen and oxygen atoms in total. The third-order valence-electron chi connectivity index (χ3n) is 4.95. The molecule has 0 N–H and O–H groups in total. The van der Waals surface area contributed by atoms with Crippen LogP contribution in [0.1, 0.15) is 41.7 Å². The fourth-order valence-electron chi connectivity index (χ4n) is 3.63. The SMILES string of the molecule is O=C(c1cn2cccnc2n1)N1CCCC[C@@H]1CCc1ccccc1. The van der Waals surface area contributed by atoms with E-state index in [1.54, 1.807) is 16.8 Å². The Kier molecular flexibility index (Phi) is 4.46. The molecule has 1 aliphatic heterocycles. The highest BCUT2D eigenvalue weighted by Gasteiger charge is 2.28. The van der Waals surface area contributed by atoms with Crippen molar-refractivity contribution in [3.05, 3.63) is 66.2 Å². The third-order valence-corrected chi connectivity index (χ3v) is 4.95. The van der Waals surface area contributed by atoms with Crippen molar-refractivity contribution in [3.8, 4) is 0 Å². The molecular weight excluding hydrogens is 312 g/mol. The van der Waals surface area contributed by atoms with Crippen LogP contribution in [0, 0.1) is 0 Å². The number of likely N-dealkylation sites (tertiary alicyclic amines) is 1. The van der Waals surface area contributed by atoms with Gasteiger partial charge in [0.1, 0.15) is 5.69 Å². The number of rotatable bonds is 4. The number of amides is 1. The molecule has 2 aromatic heterocycles. The molecule has 1 aromatic carbocycles. The first-order chi connectivity index (χ1) is 12.3. The van der Waals surface area contributed by atoms with Crippen LogP contribution < -0.4 is 0 Å². The van der Waals surface area contributed by atoms with Crippen molar-refractivity contribution in [2.24, 2.45) is 0 Å². The molecule has 4 rings (SSSR count). The predicted molar refractivity (Wildman–Crippen MR) is 96.4 cm³/mol. The number of aromatic nitrogens is 3. The van der Waals surface area contributed by atoms with Crippen LogP contribution >= 0.6 is 0 Å². The molecule has 3 heterocycles. The lowest BCUT2D eigenvalue weighted by molar-refractivity contribution is 0.0596. The summed E-state index contributed by atoms with van der Waals surface area (Å²) in [5, 5.41) is 0. The highest BCUT2D eigenvalue weighted by molar-refractivity contribution is 5.93. The quantitative estimate of drug-likeness (QED) is 0.735. The van der Waals surface area contributed by atoms with E-state index in [2.05, 4.69) is 34.2 Å². The number of fused-ring (bicyclic) bond motifs is 1. The maximum Gasteiger partial charge on any atom is 0.274 e. The molecule has 25 heavy (non-hydrogen) atoms. The van der Waals surface area contributed by atoms with Crippen LogP contribution in [0.15, 0.2) is 55.0 Å². The van der Waals surface area contributed by atoms with E-state index >= 15 is 0 Å². The van der Waals surface area contributed by atoms with Crippen molar-refractivity contribution in [2.45, 2.75) is 38.1 Å². The van der Waals surface area contributed by atoms with Gasteiger partial charge in [0, 0.05) is 31.2 Å². The Morgan fingerprint density at radius 2 is 2.04 bits per heavy atom. The number of carbonyl (C=O) groups excluding carboxylic acids is 1. The lowest BCUT2D eigenvalue weighted by Gasteiger charge is -2.35. The van der Waals surface area contributed by atoms with Gasteiger partial charge in [-0.2, -0.15) is 0 Å². The van der Waals surface area contributed by atoms with Gasteiger partial charge in [0.25, 0.3) is 5.91 Å². The number of hydrogen-bond donors (Lipinski definition) is 0. The average molecular weight is 334 g/mol. The summed E-state index contributed by atoms with van der Waals surface area (Å²) in [6, 6.07) is 12.6. The largest absolute Gasteiger partial charge is 0.334 e. The van der Waals surface area contributed by atoms with Crippen molar-refractivity contribution < 1.29 is 4.79 Å². The zero-order valence-corrected chi connectivity index (χ0v) is 14.2. The van der Waals surface area contributed by atoms with Gasteiger partial charge in [-0.3, -0.25) is 9.20 Å². The van der Waals surface area contributed by atoms with Gasteiger partial charge in [0.05, 0.1) is 0 Å². The molecule has 0 radical (unpaired) electrons. The number of benzene rings is 1. The van der Waals surface area contributed by atoms with Crippen molar-refractivity contribution in [1.29, 1.82) is 0 Å². The molecule has 5 heteroatoms. The zero-order valence-electron chi connectivity index (χ0n) is 14.2. The molecule has 0 saturated carbocycles. The predicted octanol–water partition coefficient (Wildman–Crippen LogP) is 3.36. The second-order valence-corrected chi connectivity index (χ2v) is 6.63. The summed E-state index contributed by atoms with van der Waals surface area (Å²) in [5.74, 6) is 0.604. The van der Waals surface area contributed by atoms with E-state index in [9.17, 15) is 4.79 Å². The van der Waals surface area contributed by atoms with Crippen LogP contribution in [-0.2, 0) is 6.42 Å². The summed E-state index contributed by atoms with van der Waals surface area (Å²) < 4.78 is 1.80. The van der Waals surface area contributed by atoms with Crippen LogP contribution in [0.4, 0.5) is 0 Å². The van der Waals surface area contributed by atoms with E-state index in [4.69, 9.17) is 0 Å². The van der Waals surface area contributed by atoms with Crippen molar-refractivity contribution in [3.63, 3.8) is 0 Å². The Bertz CT molecular complexity index is 825. The number of imidazole rings is 1. The average Bonchev–Trinajstić information content (AvgIpc) is 3.11. The smallest absolute Gasteiger partial charge is 0.274 e. The summed E-state index contributed by atoms with van der Waals surface area (Å²) in [5.41, 5.74) is 1.82. The molecular formula is C20H22N4O. The van der Waals surface area contributed by atoms with Gasteiger partial charge < -0.3 is 4.90 Å². The van der Waals surface area contributed by atoms with Gasteiger partial charge >= 0.3 is 0 Å². The fourth-order valence-corrected chi connectivity index (χ4v) is 3.63. The lowest BCUT2D eigenvalue weighted by atomic mass is 9.95. The monoisotopic (exact) mass is 334 g/mol. The summed E-state index contributed by atoms with van der Waals surface area (Å²) >= 11 is 0. The van der Waals surface area contributed by atoms with E-state index in [1.807, 2.05) is 23.2 Å². The standard InChI is InChI=1S/C20H22N4O/c25-19(18-15-23-13-6-12-21-20(23)22-18)24-14-5-4-9-17(24)11-10-16-7-2-1-3-8-16/h1-3,6-8,12-13,15,17H,4-5,9-11,14H2/t17-/m1/s1. The fraction of sp³-hybridized carbons (Fsp3) is 0.350. The van der Waals surface area contributed by atoms with Gasteiger partial charge in [0.15, 0.2) is 0 Å². The zero-order chi connectivity index (χ0) is 17.1. The molecule has 1 atom stereocenters. The van der Waals surface area contributed by atoms with Crippen LogP contribution in [0.25, 0.3) is 5.78 Å². The molecule has 0 aliphatic carbocycles. The molecule has 1 amide bonds. The summed E-state index contributed by atoms with van der Waals surface area (Å²) in [7, 11) is 0. The van der Waals surface area contributed by atoms with Gasteiger partial charge in [-0.1, -0.05) is 30.3 Å². The van der Waals surface area contributed by atoms with Gasteiger partial charge in [0.2, 0.25) is 5.78 Å².